The Hall–Kier alpha value is -3.06. The van der Waals surface area contributed by atoms with Crippen LogP contribution in [0.2, 0.25) is 5.02 Å². The van der Waals surface area contributed by atoms with E-state index in [9.17, 15) is 9.59 Å². The van der Waals surface area contributed by atoms with Crippen LogP contribution in [0.4, 0.5) is 10.5 Å². The second-order valence-corrected chi connectivity index (χ2v) is 8.73. The molecule has 0 fully saturated rings. The lowest BCUT2D eigenvalue weighted by Gasteiger charge is -2.31. The van der Waals surface area contributed by atoms with Crippen molar-refractivity contribution in [1.29, 1.82) is 0 Å². The number of benzene rings is 2. The molecule has 1 unspecified atom stereocenters. The highest BCUT2D eigenvalue weighted by molar-refractivity contribution is 6.31. The molecule has 2 amide bonds. The van der Waals surface area contributed by atoms with Gasteiger partial charge in [-0.15, -0.1) is 0 Å². The van der Waals surface area contributed by atoms with Crippen LogP contribution < -0.4 is 15.6 Å². The first kappa shape index (κ1) is 24.6. The second-order valence-electron chi connectivity index (χ2n) is 8.29. The molecule has 0 aliphatic carbocycles. The predicted octanol–water partition coefficient (Wildman–Crippen LogP) is 5.72. The minimum absolute atomic E-state index is 0.141. The number of nitrogens with zero attached hydrogens (tertiary/aromatic N) is 3. The SMILES string of the molecule is CCOc1ccc(NC(=O)N(CC(C)C)C(C)c2nc3cc(Cl)ccc3c(=O)n2CC)cc1. The highest BCUT2D eigenvalue weighted by Crippen LogP contribution is 2.24. The Labute approximate surface area is 199 Å². The molecule has 2 aromatic carbocycles. The number of urea groups is 1. The van der Waals surface area contributed by atoms with Gasteiger partial charge in [0.05, 0.1) is 23.6 Å². The first-order valence-corrected chi connectivity index (χ1v) is 11.6. The van der Waals surface area contributed by atoms with Gasteiger partial charge in [-0.3, -0.25) is 9.36 Å². The van der Waals surface area contributed by atoms with Crippen LogP contribution in [0.1, 0.15) is 46.5 Å². The summed E-state index contributed by atoms with van der Waals surface area (Å²) in [5.41, 5.74) is 1.04. The fourth-order valence-electron chi connectivity index (χ4n) is 3.78. The molecule has 1 heterocycles. The van der Waals surface area contributed by atoms with Gasteiger partial charge in [0.15, 0.2) is 0 Å². The van der Waals surface area contributed by atoms with Gasteiger partial charge in [0.1, 0.15) is 11.6 Å². The van der Waals surface area contributed by atoms with Crippen molar-refractivity contribution >= 4 is 34.2 Å². The fraction of sp³-hybridized carbons (Fsp3) is 0.400. The monoisotopic (exact) mass is 470 g/mol. The number of hydrogen-bond donors (Lipinski definition) is 1. The molecule has 0 aliphatic rings. The van der Waals surface area contributed by atoms with Crippen LogP contribution >= 0.6 is 11.6 Å². The fourth-order valence-corrected chi connectivity index (χ4v) is 3.95. The van der Waals surface area contributed by atoms with Crippen molar-refractivity contribution in [2.24, 2.45) is 5.92 Å². The van der Waals surface area contributed by atoms with Gasteiger partial charge in [0.25, 0.3) is 5.56 Å². The van der Waals surface area contributed by atoms with Crippen molar-refractivity contribution in [3.63, 3.8) is 0 Å². The Morgan fingerprint density at radius 1 is 1.15 bits per heavy atom. The van der Waals surface area contributed by atoms with E-state index < -0.39 is 6.04 Å². The lowest BCUT2D eigenvalue weighted by molar-refractivity contribution is 0.178. The Bertz CT molecular complexity index is 1170. The summed E-state index contributed by atoms with van der Waals surface area (Å²) in [6.07, 6.45) is 0. The van der Waals surface area contributed by atoms with E-state index in [0.29, 0.717) is 47.1 Å². The van der Waals surface area contributed by atoms with E-state index in [-0.39, 0.29) is 17.5 Å². The van der Waals surface area contributed by atoms with Crippen molar-refractivity contribution in [2.45, 2.75) is 47.2 Å². The van der Waals surface area contributed by atoms with Crippen LogP contribution in [-0.2, 0) is 6.54 Å². The predicted molar refractivity (Wildman–Crippen MR) is 133 cm³/mol. The lowest BCUT2D eigenvalue weighted by Crippen LogP contribution is -2.42. The summed E-state index contributed by atoms with van der Waals surface area (Å²) in [6.45, 7) is 11.3. The number of amides is 2. The topological polar surface area (TPSA) is 76.5 Å². The third kappa shape index (κ3) is 5.66. The largest absolute Gasteiger partial charge is 0.494 e. The van der Waals surface area contributed by atoms with E-state index in [1.165, 1.54) is 0 Å². The van der Waals surface area contributed by atoms with E-state index in [0.717, 1.165) is 5.75 Å². The molecule has 0 radical (unpaired) electrons. The number of carbonyl (C=O) groups excluding carboxylic acids is 1. The number of aromatic nitrogens is 2. The summed E-state index contributed by atoms with van der Waals surface area (Å²) < 4.78 is 7.09. The molecule has 0 saturated heterocycles. The molecular formula is C25H31ClN4O3. The first-order chi connectivity index (χ1) is 15.7. The molecule has 0 bridgehead atoms. The quantitative estimate of drug-likeness (QED) is 0.456. The maximum Gasteiger partial charge on any atom is 0.322 e. The molecule has 3 rings (SSSR count). The average Bonchev–Trinajstić information content (AvgIpc) is 2.78. The highest BCUT2D eigenvalue weighted by Gasteiger charge is 2.27. The van der Waals surface area contributed by atoms with Crippen molar-refractivity contribution < 1.29 is 9.53 Å². The van der Waals surface area contributed by atoms with Crippen LogP contribution in [0.15, 0.2) is 47.3 Å². The summed E-state index contributed by atoms with van der Waals surface area (Å²) in [5.74, 6) is 1.49. The molecule has 0 saturated carbocycles. The molecule has 3 aromatic rings. The number of halogens is 1. The van der Waals surface area contributed by atoms with Crippen LogP contribution in [0.25, 0.3) is 10.9 Å². The van der Waals surface area contributed by atoms with E-state index >= 15 is 0 Å². The van der Waals surface area contributed by atoms with E-state index in [1.807, 2.05) is 46.8 Å². The standard InChI is InChI=1S/C25H31ClN4O3/c1-6-29-23(28-22-14-18(26)8-13-21(22)24(29)31)17(5)30(15-16(3)4)25(32)27-19-9-11-20(12-10-19)33-7-2/h8-14,16-17H,6-7,15H2,1-5H3,(H,27,32). The van der Waals surface area contributed by atoms with Crippen LogP contribution in [0, 0.1) is 5.92 Å². The van der Waals surface area contributed by atoms with Gasteiger partial charge in [-0.2, -0.15) is 0 Å². The average molecular weight is 471 g/mol. The van der Waals surface area contributed by atoms with E-state index in [2.05, 4.69) is 5.32 Å². The minimum atomic E-state index is -0.439. The summed E-state index contributed by atoms with van der Waals surface area (Å²) in [4.78, 5) is 32.9. The van der Waals surface area contributed by atoms with Crippen LogP contribution in [0.5, 0.6) is 5.75 Å². The normalized spacial score (nSPS) is 12.1. The van der Waals surface area contributed by atoms with E-state index in [4.69, 9.17) is 21.3 Å². The Kier molecular flexibility index (Phi) is 7.97. The maximum absolute atomic E-state index is 13.3. The van der Waals surface area contributed by atoms with Crippen molar-refractivity contribution in [3.05, 3.63) is 63.7 Å². The second kappa shape index (κ2) is 10.7. The molecular weight excluding hydrogens is 440 g/mol. The zero-order valence-electron chi connectivity index (χ0n) is 19.8. The number of rotatable bonds is 8. The van der Waals surface area contributed by atoms with Gasteiger partial charge in [-0.05, 0) is 69.2 Å². The third-order valence-corrected chi connectivity index (χ3v) is 5.58. The Morgan fingerprint density at radius 2 is 1.85 bits per heavy atom. The Morgan fingerprint density at radius 3 is 2.45 bits per heavy atom. The summed E-state index contributed by atoms with van der Waals surface area (Å²) in [7, 11) is 0. The third-order valence-electron chi connectivity index (χ3n) is 5.34. The summed E-state index contributed by atoms with van der Waals surface area (Å²) in [6, 6.07) is 11.6. The summed E-state index contributed by atoms with van der Waals surface area (Å²) in [5, 5.41) is 3.98. The maximum atomic E-state index is 13.3. The molecule has 1 N–H and O–H groups in total. The number of fused-ring (bicyclic) bond motifs is 1. The number of anilines is 1. The molecule has 7 nitrogen and oxygen atoms in total. The summed E-state index contributed by atoms with van der Waals surface area (Å²) >= 11 is 6.15. The molecule has 0 aliphatic heterocycles. The molecule has 0 spiro atoms. The van der Waals surface area contributed by atoms with Crippen LogP contribution in [-0.4, -0.2) is 33.6 Å². The van der Waals surface area contributed by atoms with E-state index in [1.54, 1.807) is 39.8 Å². The Balaban J connectivity index is 1.97. The number of nitrogens with one attached hydrogen (secondary N) is 1. The zero-order chi connectivity index (χ0) is 24.1. The molecule has 1 aromatic heterocycles. The number of ether oxygens (including phenoxy) is 1. The van der Waals surface area contributed by atoms with Crippen molar-refractivity contribution in [3.8, 4) is 5.75 Å². The molecule has 176 valence electrons. The lowest BCUT2D eigenvalue weighted by atomic mass is 10.1. The van der Waals surface area contributed by atoms with Gasteiger partial charge in [0.2, 0.25) is 0 Å². The molecule has 8 heteroatoms. The van der Waals surface area contributed by atoms with Gasteiger partial charge in [0, 0.05) is 23.8 Å². The zero-order valence-corrected chi connectivity index (χ0v) is 20.5. The smallest absolute Gasteiger partial charge is 0.322 e. The molecule has 33 heavy (non-hydrogen) atoms. The highest BCUT2D eigenvalue weighted by atomic mass is 35.5. The van der Waals surface area contributed by atoms with Gasteiger partial charge >= 0.3 is 6.03 Å². The van der Waals surface area contributed by atoms with Gasteiger partial charge in [-0.25, -0.2) is 9.78 Å². The van der Waals surface area contributed by atoms with Crippen LogP contribution in [0.3, 0.4) is 0 Å². The minimum Gasteiger partial charge on any atom is -0.494 e. The first-order valence-electron chi connectivity index (χ1n) is 11.3. The number of hydrogen-bond acceptors (Lipinski definition) is 4. The van der Waals surface area contributed by atoms with Gasteiger partial charge in [-0.1, -0.05) is 25.4 Å². The number of carbonyl (C=O) groups is 1. The van der Waals surface area contributed by atoms with Gasteiger partial charge < -0.3 is 15.0 Å². The van der Waals surface area contributed by atoms with Crippen molar-refractivity contribution in [2.75, 3.05) is 18.5 Å². The van der Waals surface area contributed by atoms with Crippen molar-refractivity contribution in [1.82, 2.24) is 14.5 Å². The molecule has 1 atom stereocenters.